The monoisotopic (exact) mass is 449 g/mol. The molecule has 0 spiro atoms. The first-order chi connectivity index (χ1) is 14.4. The fourth-order valence-corrected chi connectivity index (χ4v) is 4.61. The second-order valence-electron chi connectivity index (χ2n) is 6.20. The number of nitrogens with zero attached hydrogens (tertiary/aromatic N) is 3. The summed E-state index contributed by atoms with van der Waals surface area (Å²) >= 11 is 1.38. The van der Waals surface area contributed by atoms with Crippen molar-refractivity contribution < 1.29 is 17.6 Å². The third-order valence-electron chi connectivity index (χ3n) is 4.03. The van der Waals surface area contributed by atoms with E-state index in [1.807, 2.05) is 6.07 Å². The lowest BCUT2D eigenvalue weighted by Crippen LogP contribution is -2.40. The molecule has 30 heavy (non-hydrogen) atoms. The third kappa shape index (κ3) is 6.12. The number of aromatic nitrogens is 3. The van der Waals surface area contributed by atoms with Gasteiger partial charge in [0.25, 0.3) is 0 Å². The smallest absolute Gasteiger partial charge is 0.243 e. The van der Waals surface area contributed by atoms with Crippen LogP contribution in [0.1, 0.15) is 5.56 Å². The average molecular weight is 450 g/mol. The first-order valence-electron chi connectivity index (χ1n) is 8.99. The van der Waals surface area contributed by atoms with Gasteiger partial charge in [0.15, 0.2) is 5.16 Å². The molecule has 0 saturated heterocycles. The molecule has 2 N–H and O–H groups in total. The molecule has 1 aromatic heterocycles. The van der Waals surface area contributed by atoms with E-state index in [1.165, 1.54) is 30.2 Å². The van der Waals surface area contributed by atoms with Crippen LogP contribution < -0.4 is 5.32 Å². The summed E-state index contributed by atoms with van der Waals surface area (Å²) in [5, 5.41) is 9.78. The van der Waals surface area contributed by atoms with Crippen LogP contribution in [0.5, 0.6) is 0 Å². The van der Waals surface area contributed by atoms with Crippen LogP contribution in [0.2, 0.25) is 0 Å². The Kier molecular flexibility index (Phi) is 7.55. The number of benzene rings is 2. The first-order valence-corrected chi connectivity index (χ1v) is 11.4. The van der Waals surface area contributed by atoms with Gasteiger partial charge in [-0.2, -0.15) is 9.40 Å². The second-order valence-corrected chi connectivity index (χ2v) is 9.22. The number of carbonyl (C=O) groups excluding carboxylic acids is 1. The number of amides is 1. The van der Waals surface area contributed by atoms with Crippen molar-refractivity contribution in [1.82, 2.24) is 24.8 Å². The largest absolute Gasteiger partial charge is 0.354 e. The summed E-state index contributed by atoms with van der Waals surface area (Å²) in [6, 6.07) is 13.5. The van der Waals surface area contributed by atoms with Crippen molar-refractivity contribution in [3.05, 3.63) is 72.3 Å². The number of nitrogens with one attached hydrogen (secondary N) is 2. The van der Waals surface area contributed by atoms with E-state index in [1.54, 1.807) is 24.3 Å². The third-order valence-corrected chi connectivity index (χ3v) is 6.71. The maximum Gasteiger partial charge on any atom is 0.243 e. The van der Waals surface area contributed by atoms with Crippen molar-refractivity contribution in [3.8, 4) is 0 Å². The summed E-state index contributed by atoms with van der Waals surface area (Å²) < 4.78 is 40.4. The predicted octanol–water partition coefficient (Wildman–Crippen LogP) is 2.04. The van der Waals surface area contributed by atoms with Gasteiger partial charge in [0, 0.05) is 18.8 Å². The Bertz CT molecular complexity index is 1050. The Morgan fingerprint density at radius 2 is 1.87 bits per heavy atom. The number of aromatic amines is 1. The first kappa shape index (κ1) is 21.9. The quantitative estimate of drug-likeness (QED) is 0.362. The lowest BCUT2D eigenvalue weighted by atomic mass is 10.2. The fourth-order valence-electron chi connectivity index (χ4n) is 2.59. The Morgan fingerprint density at radius 3 is 2.53 bits per heavy atom. The molecule has 3 aromatic rings. The number of sulfonamides is 1. The minimum atomic E-state index is -4.00. The molecule has 0 atom stereocenters. The van der Waals surface area contributed by atoms with Gasteiger partial charge in [-0.3, -0.25) is 9.89 Å². The number of rotatable bonds is 10. The number of halogens is 1. The van der Waals surface area contributed by atoms with Crippen molar-refractivity contribution in [2.24, 2.45) is 0 Å². The predicted molar refractivity (Wildman–Crippen MR) is 111 cm³/mol. The van der Waals surface area contributed by atoms with Gasteiger partial charge >= 0.3 is 0 Å². The van der Waals surface area contributed by atoms with Crippen molar-refractivity contribution in [1.29, 1.82) is 0 Å². The Morgan fingerprint density at radius 1 is 1.13 bits per heavy atom. The van der Waals surface area contributed by atoms with Crippen LogP contribution >= 0.6 is 11.8 Å². The molecule has 0 fully saturated rings. The molecule has 0 saturated carbocycles. The summed E-state index contributed by atoms with van der Waals surface area (Å²) in [7, 11) is -4.00. The summed E-state index contributed by atoms with van der Waals surface area (Å²) in [5.41, 5.74) is 0.733. The van der Waals surface area contributed by atoms with Gasteiger partial charge in [0.1, 0.15) is 12.1 Å². The van der Waals surface area contributed by atoms with Crippen molar-refractivity contribution >= 4 is 27.7 Å². The summed E-state index contributed by atoms with van der Waals surface area (Å²) in [6.07, 6.45) is 1.39. The second kappa shape index (κ2) is 10.3. The van der Waals surface area contributed by atoms with Crippen molar-refractivity contribution in [2.45, 2.75) is 16.6 Å². The van der Waals surface area contributed by atoms with Gasteiger partial charge in [0.05, 0.1) is 11.4 Å². The van der Waals surface area contributed by atoms with Crippen LogP contribution in [0.3, 0.4) is 0 Å². The van der Waals surface area contributed by atoms with Crippen molar-refractivity contribution in [2.75, 3.05) is 18.8 Å². The minimum absolute atomic E-state index is 0.0147. The Hall–Kier alpha value is -2.76. The molecule has 1 amide bonds. The van der Waals surface area contributed by atoms with E-state index in [2.05, 4.69) is 20.5 Å². The topological polar surface area (TPSA) is 108 Å². The lowest BCUT2D eigenvalue weighted by molar-refractivity contribution is -0.121. The van der Waals surface area contributed by atoms with Crippen LogP contribution in [0.4, 0.5) is 4.39 Å². The SMILES string of the molecule is O=C(CN(Cc1ccccc1)S(=O)(=O)c1ccc(F)cc1)NCCSc1ncn[nH]1. The zero-order chi connectivity index (χ0) is 21.4. The van der Waals surface area contributed by atoms with Gasteiger partial charge < -0.3 is 5.32 Å². The molecular weight excluding hydrogens is 429 g/mol. The maximum absolute atomic E-state index is 13.2. The minimum Gasteiger partial charge on any atom is -0.354 e. The molecule has 8 nitrogen and oxygen atoms in total. The number of hydrogen-bond acceptors (Lipinski definition) is 6. The fraction of sp³-hybridized carbons (Fsp3) is 0.211. The zero-order valence-electron chi connectivity index (χ0n) is 15.9. The van der Waals surface area contributed by atoms with Crippen molar-refractivity contribution in [3.63, 3.8) is 0 Å². The van der Waals surface area contributed by atoms with E-state index in [0.29, 0.717) is 17.5 Å². The molecule has 158 valence electrons. The van der Waals surface area contributed by atoms with Gasteiger partial charge in [0.2, 0.25) is 15.9 Å². The van der Waals surface area contributed by atoms with Crippen LogP contribution in [0.15, 0.2) is 71.0 Å². The molecule has 0 unspecified atom stereocenters. The molecular formula is C19H20FN5O3S2. The van der Waals surface area contributed by atoms with Gasteiger partial charge in [-0.25, -0.2) is 17.8 Å². The highest BCUT2D eigenvalue weighted by atomic mass is 32.2. The molecule has 0 bridgehead atoms. The van der Waals surface area contributed by atoms with Crippen LogP contribution in [-0.2, 0) is 21.4 Å². The summed E-state index contributed by atoms with van der Waals surface area (Å²) in [5.74, 6) is -0.426. The van der Waals surface area contributed by atoms with Gasteiger partial charge in [-0.15, -0.1) is 0 Å². The lowest BCUT2D eigenvalue weighted by Gasteiger charge is -2.22. The van der Waals surface area contributed by atoms with Crippen LogP contribution in [0.25, 0.3) is 0 Å². The van der Waals surface area contributed by atoms with Gasteiger partial charge in [-0.05, 0) is 29.8 Å². The molecule has 1 heterocycles. The summed E-state index contributed by atoms with van der Waals surface area (Å²) in [4.78, 5) is 16.3. The standard InChI is InChI=1S/C19H20FN5O3S2/c20-16-6-8-17(9-7-16)30(27,28)25(12-15-4-2-1-3-5-15)13-18(26)21-10-11-29-19-22-14-23-24-19/h1-9,14H,10-13H2,(H,21,26)(H,22,23,24). The Labute approximate surface area is 178 Å². The highest BCUT2D eigenvalue weighted by Crippen LogP contribution is 2.19. The number of H-pyrrole nitrogens is 1. The zero-order valence-corrected chi connectivity index (χ0v) is 17.5. The Balaban J connectivity index is 1.67. The maximum atomic E-state index is 13.2. The summed E-state index contributed by atoms with van der Waals surface area (Å²) in [6.45, 7) is -0.0116. The van der Waals surface area contributed by atoms with E-state index < -0.39 is 21.7 Å². The van der Waals surface area contributed by atoms with E-state index in [9.17, 15) is 17.6 Å². The molecule has 0 aliphatic carbocycles. The number of carbonyl (C=O) groups is 1. The normalized spacial score (nSPS) is 11.5. The molecule has 0 aliphatic heterocycles. The van der Waals surface area contributed by atoms with Crippen LogP contribution in [0, 0.1) is 5.82 Å². The molecule has 2 aromatic carbocycles. The van der Waals surface area contributed by atoms with E-state index in [-0.39, 0.29) is 18.0 Å². The number of thioether (sulfide) groups is 1. The molecule has 0 radical (unpaired) electrons. The van der Waals surface area contributed by atoms with Gasteiger partial charge in [-0.1, -0.05) is 42.1 Å². The highest BCUT2D eigenvalue weighted by molar-refractivity contribution is 7.99. The average Bonchev–Trinajstić information content (AvgIpc) is 3.25. The molecule has 0 aliphatic rings. The molecule has 3 rings (SSSR count). The number of hydrogen-bond donors (Lipinski definition) is 2. The van der Waals surface area contributed by atoms with E-state index in [0.717, 1.165) is 22.0 Å². The van der Waals surface area contributed by atoms with Crippen LogP contribution in [-0.4, -0.2) is 52.7 Å². The highest BCUT2D eigenvalue weighted by Gasteiger charge is 2.27. The van der Waals surface area contributed by atoms with E-state index in [4.69, 9.17) is 0 Å². The van der Waals surface area contributed by atoms with E-state index >= 15 is 0 Å². The molecule has 11 heteroatoms.